The molecule has 2 aromatic heterocycles. The largest absolute Gasteiger partial charge is 0.339 e. The Balaban J connectivity index is 1.46. The molecule has 1 saturated heterocycles. The molecule has 4 rings (SSSR count). The highest BCUT2D eigenvalue weighted by molar-refractivity contribution is 7.88. The summed E-state index contributed by atoms with van der Waals surface area (Å²) < 4.78 is 24.8. The van der Waals surface area contributed by atoms with Crippen LogP contribution in [0, 0.1) is 0 Å². The number of carbonyl (C=O) groups is 1. The summed E-state index contributed by atoms with van der Waals surface area (Å²) in [4.78, 5) is 19.7. The molecule has 27 heavy (non-hydrogen) atoms. The van der Waals surface area contributed by atoms with Gasteiger partial charge < -0.3 is 4.90 Å². The van der Waals surface area contributed by atoms with Crippen LogP contribution in [0.2, 0.25) is 0 Å². The van der Waals surface area contributed by atoms with Gasteiger partial charge in [-0.1, -0.05) is 6.07 Å². The van der Waals surface area contributed by atoms with E-state index in [1.807, 2.05) is 0 Å². The number of thiophene rings is 2. The minimum atomic E-state index is -3.18. The number of piperazine rings is 1. The summed E-state index contributed by atoms with van der Waals surface area (Å²) in [6.45, 7) is 2.93. The van der Waals surface area contributed by atoms with Crippen molar-refractivity contribution in [1.29, 1.82) is 0 Å². The summed E-state index contributed by atoms with van der Waals surface area (Å²) in [5.74, 6) is 0.0865. The molecule has 1 fully saturated rings. The normalized spacial score (nSPS) is 22.0. The number of hydrogen-bond acceptors (Lipinski definition) is 6. The Hall–Kier alpha value is -1.26. The highest BCUT2D eigenvalue weighted by Gasteiger charge is 2.33. The van der Waals surface area contributed by atoms with Gasteiger partial charge in [0, 0.05) is 42.5 Å². The van der Waals surface area contributed by atoms with Crippen LogP contribution in [0.5, 0.6) is 0 Å². The lowest BCUT2D eigenvalue weighted by Gasteiger charge is -2.38. The van der Waals surface area contributed by atoms with Crippen LogP contribution in [-0.2, 0) is 21.2 Å². The highest BCUT2D eigenvalue weighted by atomic mass is 32.2. The molecule has 1 atom stereocenters. The minimum Gasteiger partial charge on any atom is -0.339 e. The number of fused-ring (bicyclic) bond motifs is 1. The maximum atomic E-state index is 12.9. The fourth-order valence-corrected chi connectivity index (χ4v) is 6.47. The van der Waals surface area contributed by atoms with Gasteiger partial charge in [-0.15, -0.1) is 22.7 Å². The SMILES string of the molecule is CS(=O)(=O)N1CCN(C(=O)CN2CCc3sccc3C2c2cccs2)CC1. The van der Waals surface area contributed by atoms with Gasteiger partial charge >= 0.3 is 0 Å². The van der Waals surface area contributed by atoms with Crippen LogP contribution in [0.3, 0.4) is 0 Å². The molecule has 0 radical (unpaired) electrons. The van der Waals surface area contributed by atoms with Gasteiger partial charge in [-0.05, 0) is 34.9 Å². The third-order valence-corrected chi connectivity index (χ3v) is 8.50. The summed E-state index contributed by atoms with van der Waals surface area (Å²) in [6, 6.07) is 6.53. The average molecular weight is 426 g/mol. The number of rotatable bonds is 4. The monoisotopic (exact) mass is 425 g/mol. The average Bonchev–Trinajstić information content (AvgIpc) is 3.32. The Bertz CT molecular complexity index is 899. The number of hydrogen-bond donors (Lipinski definition) is 0. The lowest BCUT2D eigenvalue weighted by molar-refractivity contribution is -0.134. The molecular formula is C18H23N3O3S3. The van der Waals surface area contributed by atoms with Crippen molar-refractivity contribution >= 4 is 38.6 Å². The molecule has 0 saturated carbocycles. The zero-order valence-corrected chi connectivity index (χ0v) is 17.7. The van der Waals surface area contributed by atoms with Gasteiger partial charge in [0.15, 0.2) is 0 Å². The van der Waals surface area contributed by atoms with Crippen molar-refractivity contribution in [3.05, 3.63) is 44.3 Å². The van der Waals surface area contributed by atoms with Crippen LogP contribution in [-0.4, -0.2) is 74.0 Å². The molecule has 1 amide bonds. The fraction of sp³-hybridized carbons (Fsp3) is 0.500. The van der Waals surface area contributed by atoms with E-state index in [0.717, 1.165) is 13.0 Å². The van der Waals surface area contributed by atoms with Crippen molar-refractivity contribution in [2.24, 2.45) is 0 Å². The van der Waals surface area contributed by atoms with E-state index in [4.69, 9.17) is 0 Å². The second kappa shape index (κ2) is 7.63. The standard InChI is InChI=1S/C18H23N3O3S3/c1-27(23,24)21-9-7-19(8-10-21)17(22)13-20-6-4-15-14(5-12-26-15)18(20)16-3-2-11-25-16/h2-3,5,11-12,18H,4,6-10,13H2,1H3. The third-order valence-electron chi connectivity index (χ3n) is 5.28. The Morgan fingerprint density at radius 1 is 1.11 bits per heavy atom. The molecule has 9 heteroatoms. The van der Waals surface area contributed by atoms with E-state index >= 15 is 0 Å². The van der Waals surface area contributed by atoms with Gasteiger partial charge in [-0.3, -0.25) is 9.69 Å². The van der Waals surface area contributed by atoms with Crippen molar-refractivity contribution < 1.29 is 13.2 Å². The molecule has 6 nitrogen and oxygen atoms in total. The zero-order chi connectivity index (χ0) is 19.0. The van der Waals surface area contributed by atoms with Crippen LogP contribution >= 0.6 is 22.7 Å². The van der Waals surface area contributed by atoms with E-state index in [0.29, 0.717) is 32.7 Å². The quantitative estimate of drug-likeness (QED) is 0.750. The molecule has 2 aliphatic heterocycles. The Morgan fingerprint density at radius 3 is 2.56 bits per heavy atom. The van der Waals surface area contributed by atoms with Gasteiger partial charge in [0.2, 0.25) is 15.9 Å². The summed E-state index contributed by atoms with van der Waals surface area (Å²) >= 11 is 3.53. The van der Waals surface area contributed by atoms with E-state index in [2.05, 4.69) is 33.9 Å². The molecule has 0 N–H and O–H groups in total. The van der Waals surface area contributed by atoms with Crippen LogP contribution in [0.15, 0.2) is 29.0 Å². The maximum Gasteiger partial charge on any atom is 0.236 e. The van der Waals surface area contributed by atoms with Gasteiger partial charge in [0.05, 0.1) is 18.8 Å². The Morgan fingerprint density at radius 2 is 1.89 bits per heavy atom. The number of carbonyl (C=O) groups excluding carboxylic acids is 1. The summed E-state index contributed by atoms with van der Waals surface area (Å²) in [7, 11) is -3.18. The molecule has 0 aromatic carbocycles. The van der Waals surface area contributed by atoms with Gasteiger partial charge in [0.1, 0.15) is 0 Å². The predicted octanol–water partition coefficient (Wildman–Crippen LogP) is 1.86. The first-order valence-corrected chi connectivity index (χ1v) is 12.6. The van der Waals surface area contributed by atoms with E-state index in [1.54, 1.807) is 27.6 Å². The summed E-state index contributed by atoms with van der Waals surface area (Å²) in [6.07, 6.45) is 2.20. The van der Waals surface area contributed by atoms with Crippen molar-refractivity contribution in [2.45, 2.75) is 12.5 Å². The molecular weight excluding hydrogens is 402 g/mol. The summed E-state index contributed by atoms with van der Waals surface area (Å²) in [5, 5.41) is 4.22. The van der Waals surface area contributed by atoms with Gasteiger partial charge in [-0.2, -0.15) is 4.31 Å². The lowest BCUT2D eigenvalue weighted by atomic mass is 9.98. The van der Waals surface area contributed by atoms with Crippen molar-refractivity contribution in [3.63, 3.8) is 0 Å². The predicted molar refractivity (Wildman–Crippen MR) is 109 cm³/mol. The first kappa shape index (κ1) is 19.1. The molecule has 146 valence electrons. The van der Waals surface area contributed by atoms with Gasteiger partial charge in [0.25, 0.3) is 0 Å². The second-order valence-corrected chi connectivity index (χ2v) is 10.9. The van der Waals surface area contributed by atoms with Crippen LogP contribution in [0.25, 0.3) is 0 Å². The summed E-state index contributed by atoms with van der Waals surface area (Å²) in [5.41, 5.74) is 1.32. The third kappa shape index (κ3) is 3.97. The smallest absolute Gasteiger partial charge is 0.236 e. The van der Waals surface area contributed by atoms with Crippen molar-refractivity contribution in [3.8, 4) is 0 Å². The van der Waals surface area contributed by atoms with E-state index in [1.165, 1.54) is 25.9 Å². The van der Waals surface area contributed by atoms with Crippen LogP contribution < -0.4 is 0 Å². The second-order valence-electron chi connectivity index (χ2n) is 6.98. The fourth-order valence-electron chi connectivity index (χ4n) is 3.86. The van der Waals surface area contributed by atoms with E-state index in [9.17, 15) is 13.2 Å². The van der Waals surface area contributed by atoms with E-state index < -0.39 is 10.0 Å². The van der Waals surface area contributed by atoms with Crippen molar-refractivity contribution in [1.82, 2.24) is 14.1 Å². The Kier molecular flexibility index (Phi) is 5.39. The minimum absolute atomic E-state index is 0.0865. The number of sulfonamides is 1. The Labute approximate surface area is 168 Å². The molecule has 2 aromatic rings. The molecule has 0 spiro atoms. The van der Waals surface area contributed by atoms with Crippen LogP contribution in [0.1, 0.15) is 21.4 Å². The number of amides is 1. The van der Waals surface area contributed by atoms with Crippen LogP contribution in [0.4, 0.5) is 0 Å². The number of nitrogens with zero attached hydrogens (tertiary/aromatic N) is 3. The molecule has 0 bridgehead atoms. The molecule has 4 heterocycles. The molecule has 0 aliphatic carbocycles. The lowest BCUT2D eigenvalue weighted by Crippen LogP contribution is -2.53. The molecule has 2 aliphatic rings. The first-order valence-electron chi connectivity index (χ1n) is 9.00. The zero-order valence-electron chi connectivity index (χ0n) is 15.2. The van der Waals surface area contributed by atoms with E-state index in [-0.39, 0.29) is 11.9 Å². The van der Waals surface area contributed by atoms with Crippen molar-refractivity contribution in [2.75, 3.05) is 45.5 Å². The first-order chi connectivity index (χ1) is 12.9. The topological polar surface area (TPSA) is 60.9 Å². The maximum absolute atomic E-state index is 12.9. The van der Waals surface area contributed by atoms with Gasteiger partial charge in [-0.25, -0.2) is 8.42 Å². The molecule has 1 unspecified atom stereocenters. The highest BCUT2D eigenvalue weighted by Crippen LogP contribution is 2.39.